The van der Waals surface area contributed by atoms with Crippen molar-refractivity contribution in [3.63, 3.8) is 0 Å². The molecule has 0 spiro atoms. The van der Waals surface area contributed by atoms with Crippen LogP contribution in [0.15, 0.2) is 48.8 Å². The molecule has 0 atom stereocenters. The second-order valence-corrected chi connectivity index (χ2v) is 5.17. The van der Waals surface area contributed by atoms with Gasteiger partial charge in [-0.05, 0) is 42.8 Å². The van der Waals surface area contributed by atoms with Gasteiger partial charge in [-0.15, -0.1) is 0 Å². The summed E-state index contributed by atoms with van der Waals surface area (Å²) in [5.74, 6) is -0.307. The van der Waals surface area contributed by atoms with Crippen LogP contribution in [0.4, 0.5) is 16.2 Å². The Morgan fingerprint density at radius 3 is 2.46 bits per heavy atom. The Morgan fingerprint density at radius 2 is 1.71 bits per heavy atom. The van der Waals surface area contributed by atoms with E-state index in [9.17, 15) is 9.59 Å². The van der Waals surface area contributed by atoms with Crippen molar-refractivity contribution in [2.24, 2.45) is 0 Å². The summed E-state index contributed by atoms with van der Waals surface area (Å²) in [5, 5.41) is 13.8. The maximum atomic E-state index is 12.4. The summed E-state index contributed by atoms with van der Waals surface area (Å²) < 4.78 is 0. The molecule has 0 aliphatic heterocycles. The number of amides is 2. The van der Waals surface area contributed by atoms with Crippen molar-refractivity contribution >= 4 is 34.4 Å². The number of carbonyl (C=O) groups is 2. The molecule has 120 valence electrons. The fourth-order valence-electron chi connectivity index (χ4n) is 2.26. The van der Waals surface area contributed by atoms with Gasteiger partial charge in [0, 0.05) is 29.3 Å². The van der Waals surface area contributed by atoms with E-state index in [1.54, 1.807) is 48.8 Å². The lowest BCUT2D eigenvalue weighted by atomic mass is 10.1. The number of fused-ring (bicyclic) bond motifs is 1. The summed E-state index contributed by atoms with van der Waals surface area (Å²) in [4.78, 5) is 31.5. The van der Waals surface area contributed by atoms with E-state index in [-0.39, 0.29) is 5.91 Å². The van der Waals surface area contributed by atoms with E-state index >= 15 is 0 Å². The summed E-state index contributed by atoms with van der Waals surface area (Å²) in [6, 6.07) is 9.99. The lowest BCUT2D eigenvalue weighted by Gasteiger charge is -2.11. The fraction of sp³-hybridized carbons (Fsp3) is 0.0588. The first-order valence-electron chi connectivity index (χ1n) is 7.15. The van der Waals surface area contributed by atoms with Gasteiger partial charge in [0.1, 0.15) is 0 Å². The van der Waals surface area contributed by atoms with Crippen LogP contribution in [-0.4, -0.2) is 27.1 Å². The van der Waals surface area contributed by atoms with E-state index in [4.69, 9.17) is 5.11 Å². The molecule has 24 heavy (non-hydrogen) atoms. The third-order valence-electron chi connectivity index (χ3n) is 3.47. The molecule has 0 saturated carbocycles. The molecule has 1 aromatic heterocycles. The second kappa shape index (κ2) is 6.33. The molecule has 7 nitrogen and oxygen atoms in total. The SMILES string of the molecule is Cc1ccc(NC(=O)O)cc1NC(=O)c1ccc2nccnc2c1. The Bertz CT molecular complexity index is 940. The fourth-order valence-corrected chi connectivity index (χ4v) is 2.26. The zero-order chi connectivity index (χ0) is 17.1. The predicted octanol–water partition coefficient (Wildman–Crippen LogP) is 3.28. The quantitative estimate of drug-likeness (QED) is 0.686. The van der Waals surface area contributed by atoms with Crippen molar-refractivity contribution in [3.05, 3.63) is 59.9 Å². The number of hydrogen-bond acceptors (Lipinski definition) is 4. The second-order valence-electron chi connectivity index (χ2n) is 5.17. The van der Waals surface area contributed by atoms with Crippen LogP contribution in [0.3, 0.4) is 0 Å². The van der Waals surface area contributed by atoms with Gasteiger partial charge in [-0.25, -0.2) is 4.79 Å². The van der Waals surface area contributed by atoms with Crippen molar-refractivity contribution in [2.45, 2.75) is 6.92 Å². The topological polar surface area (TPSA) is 104 Å². The van der Waals surface area contributed by atoms with Gasteiger partial charge in [0.05, 0.1) is 11.0 Å². The van der Waals surface area contributed by atoms with Gasteiger partial charge in [-0.2, -0.15) is 0 Å². The monoisotopic (exact) mass is 322 g/mol. The number of nitrogens with zero attached hydrogens (tertiary/aromatic N) is 2. The Labute approximate surface area is 137 Å². The van der Waals surface area contributed by atoms with Crippen LogP contribution in [-0.2, 0) is 0 Å². The van der Waals surface area contributed by atoms with Crippen LogP contribution >= 0.6 is 0 Å². The van der Waals surface area contributed by atoms with Gasteiger partial charge in [-0.1, -0.05) is 6.07 Å². The number of carboxylic acid groups (broad SMARTS) is 1. The lowest BCUT2D eigenvalue weighted by Crippen LogP contribution is -2.14. The summed E-state index contributed by atoms with van der Waals surface area (Å²) in [5.41, 5.74) is 3.51. The Kier molecular flexibility index (Phi) is 4.07. The number of nitrogens with one attached hydrogen (secondary N) is 2. The number of aryl methyl sites for hydroxylation is 1. The highest BCUT2D eigenvalue weighted by Crippen LogP contribution is 2.21. The third kappa shape index (κ3) is 3.30. The molecule has 0 radical (unpaired) electrons. The number of anilines is 2. The van der Waals surface area contributed by atoms with Crippen LogP contribution in [0.1, 0.15) is 15.9 Å². The number of benzene rings is 2. The van der Waals surface area contributed by atoms with E-state index < -0.39 is 6.09 Å². The minimum atomic E-state index is -1.16. The van der Waals surface area contributed by atoms with Crippen LogP contribution in [0.2, 0.25) is 0 Å². The van der Waals surface area contributed by atoms with Crippen LogP contribution in [0.25, 0.3) is 11.0 Å². The summed E-state index contributed by atoms with van der Waals surface area (Å²) in [6.07, 6.45) is 1.99. The molecule has 2 aromatic carbocycles. The molecule has 0 unspecified atom stereocenters. The normalized spacial score (nSPS) is 10.4. The molecular formula is C17H14N4O3. The number of carbonyl (C=O) groups excluding carboxylic acids is 1. The first-order chi connectivity index (χ1) is 11.5. The number of rotatable bonds is 3. The zero-order valence-corrected chi connectivity index (χ0v) is 12.8. The van der Waals surface area contributed by atoms with Gasteiger partial charge in [0.25, 0.3) is 5.91 Å². The van der Waals surface area contributed by atoms with Gasteiger partial charge in [0.2, 0.25) is 0 Å². The molecule has 0 aliphatic rings. The van der Waals surface area contributed by atoms with Crippen molar-refractivity contribution < 1.29 is 14.7 Å². The van der Waals surface area contributed by atoms with Crippen LogP contribution in [0, 0.1) is 6.92 Å². The van der Waals surface area contributed by atoms with Crippen molar-refractivity contribution in [1.82, 2.24) is 9.97 Å². The average molecular weight is 322 g/mol. The number of aromatic nitrogens is 2. The highest BCUT2D eigenvalue weighted by atomic mass is 16.4. The molecule has 0 bridgehead atoms. The van der Waals surface area contributed by atoms with Gasteiger partial charge >= 0.3 is 6.09 Å². The number of hydrogen-bond donors (Lipinski definition) is 3. The molecule has 0 fully saturated rings. The van der Waals surface area contributed by atoms with E-state index in [1.165, 1.54) is 0 Å². The Balaban J connectivity index is 1.86. The molecule has 1 heterocycles. The first-order valence-corrected chi connectivity index (χ1v) is 7.15. The maximum absolute atomic E-state index is 12.4. The molecule has 0 saturated heterocycles. The Morgan fingerprint density at radius 1 is 0.958 bits per heavy atom. The van der Waals surface area contributed by atoms with Crippen LogP contribution < -0.4 is 10.6 Å². The van der Waals surface area contributed by atoms with Crippen molar-refractivity contribution in [3.8, 4) is 0 Å². The van der Waals surface area contributed by atoms with Crippen molar-refractivity contribution in [2.75, 3.05) is 10.6 Å². The van der Waals surface area contributed by atoms with E-state index in [0.717, 1.165) is 5.56 Å². The van der Waals surface area contributed by atoms with Gasteiger partial charge in [-0.3, -0.25) is 20.1 Å². The standard InChI is InChI=1S/C17H14N4O3/c1-10-2-4-12(20-17(23)24)9-14(10)21-16(22)11-3-5-13-15(8-11)19-7-6-18-13/h2-9,20H,1H3,(H,21,22)(H,23,24). The first kappa shape index (κ1) is 15.4. The average Bonchev–Trinajstić information content (AvgIpc) is 2.57. The molecule has 3 rings (SSSR count). The van der Waals surface area contributed by atoms with Gasteiger partial charge in [0.15, 0.2) is 0 Å². The van der Waals surface area contributed by atoms with E-state index in [2.05, 4.69) is 20.6 Å². The summed E-state index contributed by atoms with van der Waals surface area (Å²) in [7, 11) is 0. The highest BCUT2D eigenvalue weighted by Gasteiger charge is 2.10. The minimum absolute atomic E-state index is 0.307. The van der Waals surface area contributed by atoms with Crippen LogP contribution in [0.5, 0.6) is 0 Å². The highest BCUT2D eigenvalue weighted by molar-refractivity contribution is 6.06. The lowest BCUT2D eigenvalue weighted by molar-refractivity contribution is 0.102. The largest absolute Gasteiger partial charge is 0.465 e. The molecule has 2 amide bonds. The molecule has 0 aliphatic carbocycles. The summed E-state index contributed by atoms with van der Waals surface area (Å²) in [6.45, 7) is 1.83. The van der Waals surface area contributed by atoms with Crippen molar-refractivity contribution in [1.29, 1.82) is 0 Å². The third-order valence-corrected chi connectivity index (χ3v) is 3.47. The Hall–Kier alpha value is -3.48. The summed E-state index contributed by atoms with van der Waals surface area (Å²) >= 11 is 0. The van der Waals surface area contributed by atoms with E-state index in [1.807, 2.05) is 6.92 Å². The molecular weight excluding hydrogens is 308 g/mol. The predicted molar refractivity (Wildman–Crippen MR) is 90.3 cm³/mol. The smallest absolute Gasteiger partial charge is 0.409 e. The molecule has 3 aromatic rings. The molecule has 3 N–H and O–H groups in total. The zero-order valence-electron chi connectivity index (χ0n) is 12.8. The minimum Gasteiger partial charge on any atom is -0.465 e. The molecule has 7 heteroatoms. The van der Waals surface area contributed by atoms with Gasteiger partial charge < -0.3 is 10.4 Å². The van der Waals surface area contributed by atoms with E-state index in [0.29, 0.717) is 28.0 Å². The maximum Gasteiger partial charge on any atom is 0.409 e.